The zero-order chi connectivity index (χ0) is 14.6. The molecule has 0 aliphatic rings. The Kier molecular flexibility index (Phi) is 4.95. The molecular formula is C15H24N2O2. The van der Waals surface area contributed by atoms with Crippen LogP contribution in [0.5, 0.6) is 0 Å². The van der Waals surface area contributed by atoms with Crippen LogP contribution in [0.2, 0.25) is 0 Å². The molecule has 0 amide bonds. The van der Waals surface area contributed by atoms with Gasteiger partial charge in [-0.2, -0.15) is 0 Å². The van der Waals surface area contributed by atoms with Crippen molar-refractivity contribution in [3.8, 4) is 0 Å². The van der Waals surface area contributed by atoms with E-state index in [1.807, 2.05) is 24.3 Å². The van der Waals surface area contributed by atoms with E-state index >= 15 is 0 Å². The Bertz CT molecular complexity index is 442. The first-order valence-electron chi connectivity index (χ1n) is 6.55. The summed E-state index contributed by atoms with van der Waals surface area (Å²) in [7, 11) is 0. The average Bonchev–Trinajstić information content (AvgIpc) is 2.30. The van der Waals surface area contributed by atoms with Gasteiger partial charge < -0.3 is 10.8 Å². The van der Waals surface area contributed by atoms with E-state index in [4.69, 9.17) is 5.73 Å². The number of nitrogens with zero attached hydrogens (tertiary/aromatic N) is 1. The third-order valence-electron chi connectivity index (χ3n) is 3.34. The standard InChI is InChI=1S/C15H24N2O2/c1-11(2)17(10-15(3,4)14(18)19)9-12-7-5-6-8-13(12)16/h5-8,11H,9-10,16H2,1-4H3,(H,18,19). The van der Waals surface area contributed by atoms with Crippen molar-refractivity contribution in [3.63, 3.8) is 0 Å². The van der Waals surface area contributed by atoms with Crippen LogP contribution < -0.4 is 5.73 Å². The molecule has 0 saturated carbocycles. The average molecular weight is 264 g/mol. The quantitative estimate of drug-likeness (QED) is 0.775. The van der Waals surface area contributed by atoms with E-state index < -0.39 is 11.4 Å². The zero-order valence-electron chi connectivity index (χ0n) is 12.2. The van der Waals surface area contributed by atoms with Gasteiger partial charge in [0.1, 0.15) is 0 Å². The highest BCUT2D eigenvalue weighted by molar-refractivity contribution is 5.73. The maximum atomic E-state index is 11.2. The number of carbonyl (C=O) groups is 1. The van der Waals surface area contributed by atoms with Crippen molar-refractivity contribution in [1.29, 1.82) is 0 Å². The SMILES string of the molecule is CC(C)N(Cc1ccccc1N)CC(C)(C)C(=O)O. The lowest BCUT2D eigenvalue weighted by atomic mass is 9.92. The summed E-state index contributed by atoms with van der Waals surface area (Å²) in [6.07, 6.45) is 0. The number of hydrogen-bond donors (Lipinski definition) is 2. The second-order valence-corrected chi connectivity index (χ2v) is 5.89. The number of rotatable bonds is 6. The van der Waals surface area contributed by atoms with Gasteiger partial charge in [0.25, 0.3) is 0 Å². The number of aliphatic carboxylic acids is 1. The molecule has 0 aliphatic heterocycles. The summed E-state index contributed by atoms with van der Waals surface area (Å²) >= 11 is 0. The lowest BCUT2D eigenvalue weighted by Gasteiger charge is -2.33. The van der Waals surface area contributed by atoms with Crippen LogP contribution in [0.25, 0.3) is 0 Å². The van der Waals surface area contributed by atoms with Gasteiger partial charge in [-0.15, -0.1) is 0 Å². The van der Waals surface area contributed by atoms with Crippen LogP contribution in [-0.2, 0) is 11.3 Å². The molecule has 1 aromatic rings. The molecule has 0 radical (unpaired) electrons. The van der Waals surface area contributed by atoms with Gasteiger partial charge in [0.15, 0.2) is 0 Å². The molecule has 0 heterocycles. The molecule has 0 spiro atoms. The van der Waals surface area contributed by atoms with E-state index in [9.17, 15) is 9.90 Å². The summed E-state index contributed by atoms with van der Waals surface area (Å²) in [4.78, 5) is 13.4. The molecule has 1 rings (SSSR count). The fourth-order valence-corrected chi connectivity index (χ4v) is 1.89. The molecule has 106 valence electrons. The first kappa shape index (κ1) is 15.5. The molecule has 0 aromatic heterocycles. The Labute approximate surface area is 115 Å². The molecule has 0 aliphatic carbocycles. The monoisotopic (exact) mass is 264 g/mol. The molecule has 19 heavy (non-hydrogen) atoms. The third-order valence-corrected chi connectivity index (χ3v) is 3.34. The lowest BCUT2D eigenvalue weighted by molar-refractivity contribution is -0.148. The van der Waals surface area contributed by atoms with Crippen molar-refractivity contribution in [2.45, 2.75) is 40.3 Å². The van der Waals surface area contributed by atoms with E-state index in [1.165, 1.54) is 0 Å². The number of anilines is 1. The van der Waals surface area contributed by atoms with E-state index in [0.717, 1.165) is 11.3 Å². The summed E-state index contributed by atoms with van der Waals surface area (Å²) in [5.41, 5.74) is 6.97. The van der Waals surface area contributed by atoms with Crippen LogP contribution in [0.1, 0.15) is 33.3 Å². The molecule has 3 N–H and O–H groups in total. The fraction of sp³-hybridized carbons (Fsp3) is 0.533. The number of nitrogen functional groups attached to an aromatic ring is 1. The van der Waals surface area contributed by atoms with E-state index in [0.29, 0.717) is 13.1 Å². The minimum absolute atomic E-state index is 0.262. The van der Waals surface area contributed by atoms with E-state index in [-0.39, 0.29) is 6.04 Å². The summed E-state index contributed by atoms with van der Waals surface area (Å²) < 4.78 is 0. The molecular weight excluding hydrogens is 240 g/mol. The lowest BCUT2D eigenvalue weighted by Crippen LogP contribution is -2.42. The number of hydrogen-bond acceptors (Lipinski definition) is 3. The first-order chi connectivity index (χ1) is 8.74. The Hall–Kier alpha value is -1.55. The summed E-state index contributed by atoms with van der Waals surface area (Å²) in [6.45, 7) is 8.79. The Balaban J connectivity index is 2.86. The second-order valence-electron chi connectivity index (χ2n) is 5.89. The van der Waals surface area contributed by atoms with Crippen molar-refractivity contribution in [3.05, 3.63) is 29.8 Å². The predicted molar refractivity (Wildman–Crippen MR) is 77.8 cm³/mol. The highest BCUT2D eigenvalue weighted by Crippen LogP contribution is 2.22. The van der Waals surface area contributed by atoms with Crippen LogP contribution in [0.15, 0.2) is 24.3 Å². The number of carboxylic acids is 1. The summed E-state index contributed by atoms with van der Waals surface area (Å²) in [6, 6.07) is 7.97. The van der Waals surface area contributed by atoms with E-state index in [2.05, 4.69) is 18.7 Å². The van der Waals surface area contributed by atoms with Gasteiger partial charge in [0, 0.05) is 24.8 Å². The minimum Gasteiger partial charge on any atom is -0.481 e. The van der Waals surface area contributed by atoms with Crippen molar-refractivity contribution < 1.29 is 9.90 Å². The van der Waals surface area contributed by atoms with Crippen molar-refractivity contribution in [2.75, 3.05) is 12.3 Å². The molecule has 0 saturated heterocycles. The molecule has 0 bridgehead atoms. The van der Waals surface area contributed by atoms with Gasteiger partial charge in [0.2, 0.25) is 0 Å². The molecule has 1 aromatic carbocycles. The third kappa shape index (κ3) is 4.24. The molecule has 0 fully saturated rings. The number of para-hydroxylation sites is 1. The first-order valence-corrected chi connectivity index (χ1v) is 6.55. The molecule has 4 nitrogen and oxygen atoms in total. The summed E-state index contributed by atoms with van der Waals surface area (Å²) in [5, 5.41) is 9.24. The molecule has 0 atom stereocenters. The maximum Gasteiger partial charge on any atom is 0.310 e. The van der Waals surface area contributed by atoms with Gasteiger partial charge in [-0.1, -0.05) is 18.2 Å². The maximum absolute atomic E-state index is 11.2. The largest absolute Gasteiger partial charge is 0.481 e. The van der Waals surface area contributed by atoms with E-state index in [1.54, 1.807) is 13.8 Å². The van der Waals surface area contributed by atoms with Gasteiger partial charge in [-0.25, -0.2) is 0 Å². The van der Waals surface area contributed by atoms with Crippen LogP contribution in [0.3, 0.4) is 0 Å². The highest BCUT2D eigenvalue weighted by Gasteiger charge is 2.30. The Morgan fingerprint density at radius 3 is 2.42 bits per heavy atom. The predicted octanol–water partition coefficient (Wildman–Crippen LogP) is 2.59. The van der Waals surface area contributed by atoms with Crippen molar-refractivity contribution in [1.82, 2.24) is 4.90 Å². The normalized spacial score (nSPS) is 12.1. The number of benzene rings is 1. The van der Waals surface area contributed by atoms with Crippen LogP contribution >= 0.6 is 0 Å². The summed E-state index contributed by atoms with van der Waals surface area (Å²) in [5.74, 6) is -0.779. The zero-order valence-corrected chi connectivity index (χ0v) is 12.2. The van der Waals surface area contributed by atoms with Gasteiger partial charge >= 0.3 is 5.97 Å². The van der Waals surface area contributed by atoms with Crippen molar-refractivity contribution in [2.24, 2.45) is 5.41 Å². The Morgan fingerprint density at radius 2 is 1.95 bits per heavy atom. The van der Waals surface area contributed by atoms with Gasteiger partial charge in [-0.05, 0) is 39.3 Å². The fourth-order valence-electron chi connectivity index (χ4n) is 1.89. The molecule has 4 heteroatoms. The Morgan fingerprint density at radius 1 is 1.37 bits per heavy atom. The minimum atomic E-state index is -0.779. The van der Waals surface area contributed by atoms with Crippen LogP contribution in [0.4, 0.5) is 5.69 Å². The smallest absolute Gasteiger partial charge is 0.310 e. The van der Waals surface area contributed by atoms with Crippen LogP contribution in [-0.4, -0.2) is 28.6 Å². The highest BCUT2D eigenvalue weighted by atomic mass is 16.4. The van der Waals surface area contributed by atoms with Gasteiger partial charge in [-0.3, -0.25) is 9.69 Å². The van der Waals surface area contributed by atoms with Crippen molar-refractivity contribution >= 4 is 11.7 Å². The number of carboxylic acid groups (broad SMARTS) is 1. The van der Waals surface area contributed by atoms with Crippen LogP contribution in [0, 0.1) is 5.41 Å². The second kappa shape index (κ2) is 6.06. The topological polar surface area (TPSA) is 66.6 Å². The van der Waals surface area contributed by atoms with Gasteiger partial charge in [0.05, 0.1) is 5.41 Å². The molecule has 0 unspecified atom stereocenters. The number of nitrogens with two attached hydrogens (primary N) is 1.